The van der Waals surface area contributed by atoms with Crippen LogP contribution in [0.2, 0.25) is 0 Å². The number of hydrogen-bond donors (Lipinski definition) is 1. The van der Waals surface area contributed by atoms with Gasteiger partial charge in [-0.2, -0.15) is 0 Å². The average molecular weight is 292 g/mol. The molecule has 2 atom stereocenters. The van der Waals surface area contributed by atoms with E-state index in [0.29, 0.717) is 26.3 Å². The van der Waals surface area contributed by atoms with Gasteiger partial charge in [-0.1, -0.05) is 12.1 Å². The van der Waals surface area contributed by atoms with Crippen molar-refractivity contribution in [3.05, 3.63) is 29.8 Å². The number of benzene rings is 1. The van der Waals surface area contributed by atoms with E-state index in [0.717, 1.165) is 11.3 Å². The maximum absolute atomic E-state index is 12.4. The van der Waals surface area contributed by atoms with Crippen LogP contribution in [0.5, 0.6) is 5.75 Å². The monoisotopic (exact) mass is 292 g/mol. The van der Waals surface area contributed by atoms with Crippen LogP contribution in [-0.4, -0.2) is 50.3 Å². The van der Waals surface area contributed by atoms with Crippen LogP contribution in [0.4, 0.5) is 0 Å². The van der Waals surface area contributed by atoms with Gasteiger partial charge in [-0.15, -0.1) is 0 Å². The van der Waals surface area contributed by atoms with Gasteiger partial charge in [-0.3, -0.25) is 10.1 Å². The summed E-state index contributed by atoms with van der Waals surface area (Å²) in [5.41, 5.74) is 1.14. The summed E-state index contributed by atoms with van der Waals surface area (Å²) in [6, 6.07) is 7.80. The van der Waals surface area contributed by atoms with Crippen LogP contribution in [-0.2, 0) is 9.53 Å². The topological polar surface area (TPSA) is 50.8 Å². The highest BCUT2D eigenvalue weighted by atomic mass is 16.5. The van der Waals surface area contributed by atoms with E-state index in [9.17, 15) is 4.79 Å². The van der Waals surface area contributed by atoms with Gasteiger partial charge < -0.3 is 14.4 Å². The fourth-order valence-electron chi connectivity index (χ4n) is 2.49. The van der Waals surface area contributed by atoms with E-state index in [2.05, 4.69) is 12.2 Å². The molecule has 1 unspecified atom stereocenters. The zero-order valence-corrected chi connectivity index (χ0v) is 13.0. The highest BCUT2D eigenvalue weighted by Crippen LogP contribution is 2.18. The van der Waals surface area contributed by atoms with Crippen molar-refractivity contribution < 1.29 is 14.3 Å². The molecular weight excluding hydrogens is 268 g/mol. The molecule has 1 saturated heterocycles. The number of morpholine rings is 1. The van der Waals surface area contributed by atoms with Gasteiger partial charge in [0.25, 0.3) is 0 Å². The first-order valence-corrected chi connectivity index (χ1v) is 7.38. The number of nitrogens with zero attached hydrogens (tertiary/aromatic N) is 1. The second kappa shape index (κ2) is 7.43. The molecule has 1 aliphatic rings. The molecule has 1 aromatic carbocycles. The number of nitrogens with one attached hydrogen (secondary N) is 1. The molecule has 116 valence electrons. The SMILES string of the molecule is COc1ccc([C@H](C)NC(C)C(=O)N2CCOCC2)cc1. The molecule has 1 heterocycles. The number of carbonyl (C=O) groups excluding carboxylic acids is 1. The molecule has 2 rings (SSSR count). The lowest BCUT2D eigenvalue weighted by Crippen LogP contribution is -2.49. The molecule has 0 saturated carbocycles. The van der Waals surface area contributed by atoms with Gasteiger partial charge in [0, 0.05) is 19.1 Å². The van der Waals surface area contributed by atoms with Crippen molar-refractivity contribution in [2.24, 2.45) is 0 Å². The molecule has 5 nitrogen and oxygen atoms in total. The molecule has 0 spiro atoms. The summed E-state index contributed by atoms with van der Waals surface area (Å²) < 4.78 is 10.4. The second-order valence-electron chi connectivity index (χ2n) is 5.32. The Kier molecular flexibility index (Phi) is 5.59. The van der Waals surface area contributed by atoms with E-state index in [1.165, 1.54) is 0 Å². The fraction of sp³-hybridized carbons (Fsp3) is 0.562. The molecule has 0 aliphatic carbocycles. The van der Waals surface area contributed by atoms with E-state index in [4.69, 9.17) is 9.47 Å². The van der Waals surface area contributed by atoms with Gasteiger partial charge >= 0.3 is 0 Å². The molecule has 0 radical (unpaired) electrons. The smallest absolute Gasteiger partial charge is 0.239 e. The predicted octanol–water partition coefficient (Wildman–Crippen LogP) is 1.59. The third-order valence-corrected chi connectivity index (χ3v) is 3.81. The van der Waals surface area contributed by atoms with Gasteiger partial charge in [-0.25, -0.2) is 0 Å². The normalized spacial score (nSPS) is 18.1. The van der Waals surface area contributed by atoms with Crippen molar-refractivity contribution in [2.45, 2.75) is 25.9 Å². The van der Waals surface area contributed by atoms with Crippen LogP contribution in [0.25, 0.3) is 0 Å². The fourth-order valence-corrected chi connectivity index (χ4v) is 2.49. The summed E-state index contributed by atoms with van der Waals surface area (Å²) in [7, 11) is 1.65. The Morgan fingerprint density at radius 3 is 2.43 bits per heavy atom. The second-order valence-corrected chi connectivity index (χ2v) is 5.32. The van der Waals surface area contributed by atoms with E-state index in [1.54, 1.807) is 7.11 Å². The number of ether oxygens (including phenoxy) is 2. The molecule has 1 aliphatic heterocycles. The number of carbonyl (C=O) groups is 1. The summed E-state index contributed by atoms with van der Waals surface area (Å²) >= 11 is 0. The summed E-state index contributed by atoms with van der Waals surface area (Å²) in [5, 5.41) is 3.36. The number of amides is 1. The van der Waals surface area contributed by atoms with Crippen molar-refractivity contribution >= 4 is 5.91 Å². The Balaban J connectivity index is 1.90. The molecule has 1 amide bonds. The number of hydrogen-bond acceptors (Lipinski definition) is 4. The highest BCUT2D eigenvalue weighted by molar-refractivity contribution is 5.81. The average Bonchev–Trinajstić information content (AvgIpc) is 2.55. The minimum atomic E-state index is -0.208. The van der Waals surface area contributed by atoms with E-state index in [1.807, 2.05) is 36.1 Å². The van der Waals surface area contributed by atoms with Gasteiger partial charge in [0.1, 0.15) is 5.75 Å². The van der Waals surface area contributed by atoms with Crippen LogP contribution >= 0.6 is 0 Å². The molecule has 21 heavy (non-hydrogen) atoms. The molecule has 1 N–H and O–H groups in total. The first-order chi connectivity index (χ1) is 10.1. The summed E-state index contributed by atoms with van der Waals surface area (Å²) in [6.07, 6.45) is 0. The molecule has 5 heteroatoms. The lowest BCUT2D eigenvalue weighted by atomic mass is 10.1. The van der Waals surface area contributed by atoms with E-state index >= 15 is 0 Å². The maximum atomic E-state index is 12.4. The Morgan fingerprint density at radius 1 is 1.24 bits per heavy atom. The molecule has 1 fully saturated rings. The molecule has 0 bridgehead atoms. The van der Waals surface area contributed by atoms with Crippen molar-refractivity contribution in [3.63, 3.8) is 0 Å². The highest BCUT2D eigenvalue weighted by Gasteiger charge is 2.23. The third kappa shape index (κ3) is 4.19. The van der Waals surface area contributed by atoms with Crippen LogP contribution in [0.1, 0.15) is 25.5 Å². The largest absolute Gasteiger partial charge is 0.497 e. The van der Waals surface area contributed by atoms with Gasteiger partial charge in [0.05, 0.1) is 26.4 Å². The van der Waals surface area contributed by atoms with Crippen LogP contribution < -0.4 is 10.1 Å². The van der Waals surface area contributed by atoms with Crippen molar-refractivity contribution in [1.29, 1.82) is 0 Å². The van der Waals surface area contributed by atoms with Crippen molar-refractivity contribution in [1.82, 2.24) is 10.2 Å². The standard InChI is InChI=1S/C16H24N2O3/c1-12(14-4-6-15(20-3)7-5-14)17-13(2)16(19)18-8-10-21-11-9-18/h4-7,12-13,17H,8-11H2,1-3H3/t12-,13?/m0/s1. The lowest BCUT2D eigenvalue weighted by molar-refractivity contribution is -0.137. The van der Waals surface area contributed by atoms with Crippen molar-refractivity contribution in [2.75, 3.05) is 33.4 Å². The van der Waals surface area contributed by atoms with Gasteiger partial charge in [0.2, 0.25) is 5.91 Å². The molecule has 0 aromatic heterocycles. The summed E-state index contributed by atoms with van der Waals surface area (Å²) in [4.78, 5) is 14.2. The van der Waals surface area contributed by atoms with E-state index in [-0.39, 0.29) is 18.0 Å². The van der Waals surface area contributed by atoms with Crippen LogP contribution in [0, 0.1) is 0 Å². The predicted molar refractivity (Wildman–Crippen MR) is 81.4 cm³/mol. The first kappa shape index (κ1) is 15.8. The Morgan fingerprint density at radius 2 is 1.86 bits per heavy atom. The zero-order valence-electron chi connectivity index (χ0n) is 13.0. The quantitative estimate of drug-likeness (QED) is 0.895. The van der Waals surface area contributed by atoms with Gasteiger partial charge in [0.15, 0.2) is 0 Å². The van der Waals surface area contributed by atoms with Crippen LogP contribution in [0.15, 0.2) is 24.3 Å². The minimum absolute atomic E-state index is 0.107. The van der Waals surface area contributed by atoms with E-state index < -0.39 is 0 Å². The Bertz CT molecular complexity index is 455. The number of rotatable bonds is 5. The minimum Gasteiger partial charge on any atom is -0.497 e. The molecular formula is C16H24N2O3. The third-order valence-electron chi connectivity index (χ3n) is 3.81. The zero-order chi connectivity index (χ0) is 15.2. The molecule has 1 aromatic rings. The summed E-state index contributed by atoms with van der Waals surface area (Å²) in [5.74, 6) is 0.974. The lowest BCUT2D eigenvalue weighted by Gasteiger charge is -2.30. The summed E-state index contributed by atoms with van der Waals surface area (Å²) in [6.45, 7) is 6.60. The first-order valence-electron chi connectivity index (χ1n) is 7.38. The van der Waals surface area contributed by atoms with Crippen LogP contribution in [0.3, 0.4) is 0 Å². The Labute approximate surface area is 126 Å². The maximum Gasteiger partial charge on any atom is 0.239 e. The van der Waals surface area contributed by atoms with Gasteiger partial charge in [-0.05, 0) is 31.5 Å². The van der Waals surface area contributed by atoms with Crippen molar-refractivity contribution in [3.8, 4) is 5.75 Å². The number of methoxy groups -OCH3 is 1. The Hall–Kier alpha value is -1.59.